The van der Waals surface area contributed by atoms with Crippen LogP contribution in [0.4, 0.5) is 34.5 Å². The molecule has 0 aliphatic carbocycles. The van der Waals surface area contributed by atoms with Crippen molar-refractivity contribution in [3.05, 3.63) is 91.4 Å². The van der Waals surface area contributed by atoms with Crippen molar-refractivity contribution in [2.75, 3.05) is 41.0 Å². The number of nitrogens with one attached hydrogen (secondary N) is 4. The van der Waals surface area contributed by atoms with Gasteiger partial charge in [-0.2, -0.15) is 4.98 Å². The van der Waals surface area contributed by atoms with Crippen molar-refractivity contribution < 1.29 is 14.3 Å². The molecule has 0 unspecified atom stereocenters. The third-order valence-electron chi connectivity index (χ3n) is 6.58. The Labute approximate surface area is 244 Å². The average molecular weight is 565 g/mol. The van der Waals surface area contributed by atoms with Crippen LogP contribution in [0, 0.1) is 0 Å². The van der Waals surface area contributed by atoms with Gasteiger partial charge in [-0.3, -0.25) is 14.6 Å². The number of hydrogen-bond acceptors (Lipinski definition) is 9. The molecule has 1 fully saturated rings. The topological polar surface area (TPSA) is 133 Å². The van der Waals surface area contributed by atoms with E-state index in [1.807, 2.05) is 54.7 Å². The Morgan fingerprint density at radius 1 is 0.905 bits per heavy atom. The monoisotopic (exact) mass is 564 g/mol. The standard InChI is InChI=1S/C31H32N8O3/c1-3-28(40)35-22-8-7-9-23(18-22)36-29-27(39-16-5-4-6-17-39)20-34-31(38-29)37-21-10-12-24(13-11-21)42-25-14-15-33-26(19-25)30(41)32-2/h3,7-15,18-20H,1,4-6,16-17H2,2H3,(H,32,41)(H,35,40)(H2,34,36,37,38). The van der Waals surface area contributed by atoms with Crippen LogP contribution in [-0.2, 0) is 4.79 Å². The van der Waals surface area contributed by atoms with E-state index in [9.17, 15) is 9.59 Å². The molecule has 3 heterocycles. The Morgan fingerprint density at radius 3 is 2.45 bits per heavy atom. The number of nitrogens with zero attached hydrogens (tertiary/aromatic N) is 4. The van der Waals surface area contributed by atoms with Crippen LogP contribution >= 0.6 is 0 Å². The summed E-state index contributed by atoms with van der Waals surface area (Å²) in [4.78, 5) is 39.4. The van der Waals surface area contributed by atoms with Gasteiger partial charge in [0.1, 0.15) is 17.2 Å². The SMILES string of the molecule is C=CC(=O)Nc1cccc(Nc2nc(Nc3ccc(Oc4ccnc(C(=O)NC)c4)cc3)ncc2N2CCCCC2)c1. The van der Waals surface area contributed by atoms with E-state index < -0.39 is 0 Å². The van der Waals surface area contributed by atoms with Crippen LogP contribution < -0.4 is 30.9 Å². The number of benzene rings is 2. The van der Waals surface area contributed by atoms with Crippen LogP contribution in [-0.4, -0.2) is 46.9 Å². The first-order valence-electron chi connectivity index (χ1n) is 13.7. The number of rotatable bonds is 10. The van der Waals surface area contributed by atoms with Crippen molar-refractivity contribution in [2.45, 2.75) is 19.3 Å². The molecule has 1 aliphatic rings. The number of carbonyl (C=O) groups excluding carboxylic acids is 2. The van der Waals surface area contributed by atoms with Crippen molar-refractivity contribution in [1.29, 1.82) is 0 Å². The van der Waals surface area contributed by atoms with E-state index >= 15 is 0 Å². The lowest BCUT2D eigenvalue weighted by atomic mass is 10.1. The van der Waals surface area contributed by atoms with Crippen molar-refractivity contribution in [2.24, 2.45) is 0 Å². The molecule has 214 valence electrons. The third kappa shape index (κ3) is 7.19. The fourth-order valence-corrected chi connectivity index (χ4v) is 4.50. The molecule has 2 aromatic heterocycles. The predicted molar refractivity (Wildman–Crippen MR) is 164 cm³/mol. The maximum absolute atomic E-state index is 11.9. The highest BCUT2D eigenvalue weighted by Crippen LogP contribution is 2.31. The second-order valence-corrected chi connectivity index (χ2v) is 9.58. The zero-order chi connectivity index (χ0) is 29.3. The molecule has 0 spiro atoms. The molecule has 4 aromatic rings. The summed E-state index contributed by atoms with van der Waals surface area (Å²) < 4.78 is 5.90. The highest BCUT2D eigenvalue weighted by molar-refractivity contribution is 5.99. The van der Waals surface area contributed by atoms with Gasteiger partial charge < -0.3 is 30.9 Å². The van der Waals surface area contributed by atoms with E-state index in [4.69, 9.17) is 9.72 Å². The smallest absolute Gasteiger partial charge is 0.269 e. The van der Waals surface area contributed by atoms with Gasteiger partial charge in [-0.15, -0.1) is 0 Å². The highest BCUT2D eigenvalue weighted by Gasteiger charge is 2.18. The second kappa shape index (κ2) is 13.3. The Hall–Kier alpha value is -5.45. The molecule has 11 heteroatoms. The van der Waals surface area contributed by atoms with Gasteiger partial charge in [-0.25, -0.2) is 4.98 Å². The number of hydrogen-bond donors (Lipinski definition) is 4. The Kier molecular flexibility index (Phi) is 8.88. The summed E-state index contributed by atoms with van der Waals surface area (Å²) in [5, 5.41) is 12.0. The molecule has 5 rings (SSSR count). The number of amides is 2. The lowest BCUT2D eigenvalue weighted by Crippen LogP contribution is -2.30. The molecule has 0 atom stereocenters. The number of anilines is 6. The number of ether oxygens (including phenoxy) is 1. The van der Waals surface area contributed by atoms with Gasteiger partial charge in [-0.1, -0.05) is 12.6 Å². The van der Waals surface area contributed by atoms with E-state index in [2.05, 4.69) is 42.7 Å². The summed E-state index contributed by atoms with van der Waals surface area (Å²) in [6, 6.07) is 18.0. The fraction of sp³-hybridized carbons (Fsp3) is 0.194. The molecule has 2 aromatic carbocycles. The molecular formula is C31H32N8O3. The number of carbonyl (C=O) groups is 2. The van der Waals surface area contributed by atoms with E-state index in [0.29, 0.717) is 29.0 Å². The largest absolute Gasteiger partial charge is 0.457 e. The molecule has 42 heavy (non-hydrogen) atoms. The number of aromatic nitrogens is 3. The van der Waals surface area contributed by atoms with E-state index in [-0.39, 0.29) is 17.5 Å². The van der Waals surface area contributed by atoms with Gasteiger partial charge >= 0.3 is 0 Å². The lowest BCUT2D eigenvalue weighted by Gasteiger charge is -2.30. The van der Waals surface area contributed by atoms with Gasteiger partial charge in [-0.05, 0) is 73.9 Å². The Balaban J connectivity index is 1.33. The van der Waals surface area contributed by atoms with Gasteiger partial charge in [0.05, 0.1) is 11.9 Å². The van der Waals surface area contributed by atoms with Gasteiger partial charge in [0.25, 0.3) is 5.91 Å². The summed E-state index contributed by atoms with van der Waals surface area (Å²) in [5.41, 5.74) is 3.38. The molecular weight excluding hydrogens is 532 g/mol. The molecule has 2 amide bonds. The van der Waals surface area contributed by atoms with Crippen LogP contribution in [0.5, 0.6) is 11.5 Å². The van der Waals surface area contributed by atoms with E-state index in [1.165, 1.54) is 18.7 Å². The number of piperidine rings is 1. The van der Waals surface area contributed by atoms with Crippen LogP contribution in [0.3, 0.4) is 0 Å². The van der Waals surface area contributed by atoms with Gasteiger partial charge in [0.2, 0.25) is 11.9 Å². The minimum Gasteiger partial charge on any atom is -0.457 e. The Bertz CT molecular complexity index is 1570. The molecule has 0 saturated carbocycles. The second-order valence-electron chi connectivity index (χ2n) is 9.58. The van der Waals surface area contributed by atoms with Crippen molar-refractivity contribution in [3.63, 3.8) is 0 Å². The summed E-state index contributed by atoms with van der Waals surface area (Å²) in [6.07, 6.45) is 8.03. The van der Waals surface area contributed by atoms with Crippen LogP contribution in [0.2, 0.25) is 0 Å². The minimum absolute atomic E-state index is 0.274. The predicted octanol–water partition coefficient (Wildman–Crippen LogP) is 5.63. The molecule has 0 radical (unpaired) electrons. The van der Waals surface area contributed by atoms with E-state index in [1.54, 1.807) is 19.2 Å². The van der Waals surface area contributed by atoms with Crippen molar-refractivity contribution in [1.82, 2.24) is 20.3 Å². The average Bonchev–Trinajstić information content (AvgIpc) is 3.02. The molecule has 1 aliphatic heterocycles. The summed E-state index contributed by atoms with van der Waals surface area (Å²) in [5.74, 6) is 1.62. The first-order chi connectivity index (χ1) is 20.5. The maximum atomic E-state index is 11.9. The van der Waals surface area contributed by atoms with Crippen molar-refractivity contribution in [3.8, 4) is 11.5 Å². The quantitative estimate of drug-likeness (QED) is 0.181. The first-order valence-corrected chi connectivity index (χ1v) is 13.7. The zero-order valence-corrected chi connectivity index (χ0v) is 23.3. The van der Waals surface area contributed by atoms with Crippen LogP contribution in [0.1, 0.15) is 29.8 Å². The Morgan fingerprint density at radius 2 is 1.69 bits per heavy atom. The maximum Gasteiger partial charge on any atom is 0.269 e. The first kappa shape index (κ1) is 28.1. The summed E-state index contributed by atoms with van der Waals surface area (Å²) in [6.45, 7) is 5.38. The lowest BCUT2D eigenvalue weighted by molar-refractivity contribution is -0.111. The van der Waals surface area contributed by atoms with Crippen LogP contribution in [0.15, 0.2) is 85.7 Å². The minimum atomic E-state index is -0.285. The highest BCUT2D eigenvalue weighted by atomic mass is 16.5. The third-order valence-corrected chi connectivity index (χ3v) is 6.58. The molecule has 0 bridgehead atoms. The molecule has 1 saturated heterocycles. The molecule has 11 nitrogen and oxygen atoms in total. The summed E-state index contributed by atoms with van der Waals surface area (Å²) in [7, 11) is 1.55. The molecule has 4 N–H and O–H groups in total. The van der Waals surface area contributed by atoms with Gasteiger partial charge in [0, 0.05) is 49.5 Å². The zero-order valence-electron chi connectivity index (χ0n) is 23.3. The van der Waals surface area contributed by atoms with Crippen LogP contribution in [0.25, 0.3) is 0 Å². The summed E-state index contributed by atoms with van der Waals surface area (Å²) >= 11 is 0. The van der Waals surface area contributed by atoms with Gasteiger partial charge in [0.15, 0.2) is 5.82 Å². The van der Waals surface area contributed by atoms with Crippen molar-refractivity contribution >= 4 is 46.3 Å². The normalized spacial score (nSPS) is 12.6. The number of pyridine rings is 1. The van der Waals surface area contributed by atoms with E-state index in [0.717, 1.165) is 43.0 Å². The fourth-order valence-electron chi connectivity index (χ4n) is 4.50.